The van der Waals surface area contributed by atoms with Crippen molar-refractivity contribution in [2.75, 3.05) is 13.1 Å². The van der Waals surface area contributed by atoms with E-state index >= 15 is 0 Å². The number of hydrogen-bond donors (Lipinski definition) is 1. The minimum atomic E-state index is 0.396. The Hall–Kier alpha value is -0.860. The predicted octanol–water partition coefficient (Wildman–Crippen LogP) is 2.17. The van der Waals surface area contributed by atoms with E-state index in [1.54, 1.807) is 0 Å². The van der Waals surface area contributed by atoms with Crippen LogP contribution in [0.1, 0.15) is 31.4 Å². The predicted molar refractivity (Wildman–Crippen MR) is 63.6 cm³/mol. The molecule has 1 aromatic rings. The van der Waals surface area contributed by atoms with Gasteiger partial charge in [0, 0.05) is 25.2 Å². The monoisotopic (exact) mass is 204 g/mol. The summed E-state index contributed by atoms with van der Waals surface area (Å²) in [6.07, 6.45) is 2.46. The second kappa shape index (κ2) is 4.77. The molecule has 2 nitrogen and oxygen atoms in total. The number of nitrogens with two attached hydrogens (primary N) is 1. The summed E-state index contributed by atoms with van der Waals surface area (Å²) in [5, 5.41) is 0. The van der Waals surface area contributed by atoms with Crippen molar-refractivity contribution in [1.29, 1.82) is 0 Å². The molecule has 1 aliphatic rings. The first kappa shape index (κ1) is 10.7. The summed E-state index contributed by atoms with van der Waals surface area (Å²) in [4.78, 5) is 2.49. The van der Waals surface area contributed by atoms with E-state index in [0.717, 1.165) is 13.1 Å². The van der Waals surface area contributed by atoms with Crippen LogP contribution >= 0.6 is 0 Å². The third-order valence-corrected chi connectivity index (χ3v) is 3.13. The Labute approximate surface area is 92.1 Å². The van der Waals surface area contributed by atoms with Gasteiger partial charge in [0.2, 0.25) is 0 Å². The molecule has 0 bridgehead atoms. The van der Waals surface area contributed by atoms with Crippen LogP contribution in [0, 0.1) is 0 Å². The first-order valence-corrected chi connectivity index (χ1v) is 5.86. The number of likely N-dealkylation sites (tertiary alicyclic amines) is 1. The topological polar surface area (TPSA) is 29.3 Å². The van der Waals surface area contributed by atoms with Crippen molar-refractivity contribution < 1.29 is 0 Å². The molecule has 2 rings (SSSR count). The lowest BCUT2D eigenvalue weighted by Crippen LogP contribution is -2.56. The lowest BCUT2D eigenvalue weighted by molar-refractivity contribution is 0.0878. The fourth-order valence-corrected chi connectivity index (χ4v) is 2.31. The maximum atomic E-state index is 5.84. The van der Waals surface area contributed by atoms with Crippen LogP contribution in [0.4, 0.5) is 0 Å². The zero-order chi connectivity index (χ0) is 10.7. The van der Waals surface area contributed by atoms with E-state index in [4.69, 9.17) is 5.73 Å². The van der Waals surface area contributed by atoms with Gasteiger partial charge in [-0.1, -0.05) is 43.7 Å². The Balaban J connectivity index is 2.06. The standard InChI is InChI=1S/C13H20N2/c1-2-6-13(15-9-12(14)10-15)11-7-4-3-5-8-11/h3-5,7-8,12-13H,2,6,9-10,14H2,1H3. The van der Waals surface area contributed by atoms with Gasteiger partial charge in [0.15, 0.2) is 0 Å². The lowest BCUT2D eigenvalue weighted by atomic mass is 9.96. The number of benzene rings is 1. The van der Waals surface area contributed by atoms with Crippen LogP contribution in [0.15, 0.2) is 30.3 Å². The molecule has 0 amide bonds. The highest BCUT2D eigenvalue weighted by Crippen LogP contribution is 2.28. The van der Waals surface area contributed by atoms with E-state index in [2.05, 4.69) is 42.2 Å². The molecule has 0 spiro atoms. The van der Waals surface area contributed by atoms with Crippen molar-refractivity contribution in [3.05, 3.63) is 35.9 Å². The third kappa shape index (κ3) is 2.39. The van der Waals surface area contributed by atoms with Crippen molar-refractivity contribution >= 4 is 0 Å². The summed E-state index contributed by atoms with van der Waals surface area (Å²) < 4.78 is 0. The van der Waals surface area contributed by atoms with Crippen LogP contribution in [0.2, 0.25) is 0 Å². The Bertz CT molecular complexity index is 291. The smallest absolute Gasteiger partial charge is 0.0349 e. The molecule has 1 fully saturated rings. The molecule has 1 unspecified atom stereocenters. The highest BCUT2D eigenvalue weighted by Gasteiger charge is 2.29. The number of rotatable bonds is 4. The summed E-state index contributed by atoms with van der Waals surface area (Å²) in [5.41, 5.74) is 7.28. The minimum absolute atomic E-state index is 0.396. The van der Waals surface area contributed by atoms with Crippen molar-refractivity contribution in [1.82, 2.24) is 4.90 Å². The molecule has 1 heterocycles. The average molecular weight is 204 g/mol. The molecule has 2 heteroatoms. The molecular weight excluding hydrogens is 184 g/mol. The van der Waals surface area contributed by atoms with E-state index in [1.807, 2.05) is 0 Å². The first-order valence-electron chi connectivity index (χ1n) is 5.86. The summed E-state index contributed by atoms with van der Waals surface area (Å²) >= 11 is 0. The van der Waals surface area contributed by atoms with Gasteiger partial charge in [0.1, 0.15) is 0 Å². The summed E-state index contributed by atoms with van der Waals surface area (Å²) in [6, 6.07) is 11.8. The van der Waals surface area contributed by atoms with Crippen molar-refractivity contribution in [3.63, 3.8) is 0 Å². The Kier molecular flexibility index (Phi) is 3.39. The maximum absolute atomic E-state index is 5.84. The Morgan fingerprint density at radius 1 is 1.33 bits per heavy atom. The van der Waals surface area contributed by atoms with Crippen molar-refractivity contribution in [2.45, 2.75) is 31.8 Å². The van der Waals surface area contributed by atoms with Crippen LogP contribution in [0.5, 0.6) is 0 Å². The van der Waals surface area contributed by atoms with Gasteiger partial charge in [0.25, 0.3) is 0 Å². The first-order chi connectivity index (χ1) is 7.31. The van der Waals surface area contributed by atoms with Crippen molar-refractivity contribution in [2.24, 2.45) is 5.73 Å². The van der Waals surface area contributed by atoms with Crippen LogP contribution in [0.25, 0.3) is 0 Å². The zero-order valence-electron chi connectivity index (χ0n) is 9.39. The zero-order valence-corrected chi connectivity index (χ0v) is 9.39. The normalized spacial score (nSPS) is 19.9. The largest absolute Gasteiger partial charge is 0.325 e. The van der Waals surface area contributed by atoms with Gasteiger partial charge in [-0.05, 0) is 12.0 Å². The summed E-state index contributed by atoms with van der Waals surface area (Å²) in [6.45, 7) is 4.36. The molecule has 1 aliphatic heterocycles. The summed E-state index contributed by atoms with van der Waals surface area (Å²) in [7, 11) is 0. The minimum Gasteiger partial charge on any atom is -0.325 e. The SMILES string of the molecule is CCCC(c1ccccc1)N1CC(N)C1. The van der Waals surface area contributed by atoms with Gasteiger partial charge in [-0.15, -0.1) is 0 Å². The van der Waals surface area contributed by atoms with Crippen LogP contribution in [0.3, 0.4) is 0 Å². The fraction of sp³-hybridized carbons (Fsp3) is 0.538. The molecule has 0 aliphatic carbocycles. The van der Waals surface area contributed by atoms with Gasteiger partial charge in [-0.2, -0.15) is 0 Å². The Morgan fingerprint density at radius 3 is 2.53 bits per heavy atom. The van der Waals surface area contributed by atoms with E-state index in [9.17, 15) is 0 Å². The van der Waals surface area contributed by atoms with Gasteiger partial charge in [0.05, 0.1) is 0 Å². The fourth-order valence-electron chi connectivity index (χ4n) is 2.31. The van der Waals surface area contributed by atoms with Gasteiger partial charge >= 0.3 is 0 Å². The molecular formula is C13H20N2. The molecule has 0 radical (unpaired) electrons. The van der Waals surface area contributed by atoms with Crippen LogP contribution in [-0.2, 0) is 0 Å². The highest BCUT2D eigenvalue weighted by atomic mass is 15.2. The second-order valence-corrected chi connectivity index (χ2v) is 4.43. The van der Waals surface area contributed by atoms with Gasteiger partial charge in [-0.25, -0.2) is 0 Å². The van der Waals surface area contributed by atoms with Gasteiger partial charge < -0.3 is 5.73 Å². The van der Waals surface area contributed by atoms with E-state index < -0.39 is 0 Å². The molecule has 2 N–H and O–H groups in total. The lowest BCUT2D eigenvalue weighted by Gasteiger charge is -2.43. The average Bonchev–Trinajstić information content (AvgIpc) is 2.23. The molecule has 1 aromatic carbocycles. The molecule has 1 atom stereocenters. The Morgan fingerprint density at radius 2 is 2.00 bits per heavy atom. The maximum Gasteiger partial charge on any atom is 0.0349 e. The molecule has 0 saturated carbocycles. The highest BCUT2D eigenvalue weighted by molar-refractivity contribution is 5.19. The third-order valence-electron chi connectivity index (χ3n) is 3.13. The van der Waals surface area contributed by atoms with E-state index in [0.29, 0.717) is 12.1 Å². The van der Waals surface area contributed by atoms with E-state index in [1.165, 1.54) is 18.4 Å². The molecule has 0 aromatic heterocycles. The van der Waals surface area contributed by atoms with Crippen molar-refractivity contribution in [3.8, 4) is 0 Å². The number of nitrogens with zero attached hydrogens (tertiary/aromatic N) is 1. The molecule has 1 saturated heterocycles. The molecule has 82 valence electrons. The van der Waals surface area contributed by atoms with E-state index in [-0.39, 0.29) is 0 Å². The van der Waals surface area contributed by atoms with Gasteiger partial charge in [-0.3, -0.25) is 4.90 Å². The summed E-state index contributed by atoms with van der Waals surface area (Å²) in [5.74, 6) is 0. The second-order valence-electron chi connectivity index (χ2n) is 4.43. The number of hydrogen-bond acceptors (Lipinski definition) is 2. The molecule has 15 heavy (non-hydrogen) atoms. The van der Waals surface area contributed by atoms with Crippen LogP contribution in [-0.4, -0.2) is 24.0 Å². The quantitative estimate of drug-likeness (QED) is 0.814. The van der Waals surface area contributed by atoms with Crippen LogP contribution < -0.4 is 5.73 Å².